The minimum absolute atomic E-state index is 0.0870. The molecule has 4 heteroatoms. The lowest BCUT2D eigenvalue weighted by molar-refractivity contribution is 0.0933. The SMILES string of the molecule is CC(C(=O)c1ccccc1)n1ccc2cc(Cl)ccc2c1=O. The van der Waals surface area contributed by atoms with Crippen LogP contribution < -0.4 is 5.56 Å². The number of hydrogen-bond donors (Lipinski definition) is 0. The van der Waals surface area contributed by atoms with Crippen molar-refractivity contribution in [3.63, 3.8) is 0 Å². The summed E-state index contributed by atoms with van der Waals surface area (Å²) < 4.78 is 1.46. The number of rotatable bonds is 3. The van der Waals surface area contributed by atoms with E-state index in [1.165, 1.54) is 4.57 Å². The number of benzene rings is 2. The van der Waals surface area contributed by atoms with E-state index in [9.17, 15) is 9.59 Å². The van der Waals surface area contributed by atoms with Crippen molar-refractivity contribution in [1.82, 2.24) is 4.57 Å². The van der Waals surface area contributed by atoms with Gasteiger partial charge >= 0.3 is 0 Å². The molecule has 3 rings (SSSR count). The summed E-state index contributed by atoms with van der Waals surface area (Å²) in [6.07, 6.45) is 1.65. The normalized spacial score (nSPS) is 12.3. The fourth-order valence-corrected chi connectivity index (χ4v) is 2.69. The van der Waals surface area contributed by atoms with Crippen LogP contribution in [0.3, 0.4) is 0 Å². The van der Waals surface area contributed by atoms with Crippen LogP contribution >= 0.6 is 11.6 Å². The number of ketones is 1. The largest absolute Gasteiger partial charge is 0.304 e. The molecule has 22 heavy (non-hydrogen) atoms. The Morgan fingerprint density at radius 3 is 2.55 bits per heavy atom. The summed E-state index contributed by atoms with van der Waals surface area (Å²) in [5, 5.41) is 1.91. The fourth-order valence-electron chi connectivity index (χ4n) is 2.51. The Hall–Kier alpha value is -2.39. The second-order valence-electron chi connectivity index (χ2n) is 5.17. The maximum Gasteiger partial charge on any atom is 0.259 e. The summed E-state index contributed by atoms with van der Waals surface area (Å²) in [7, 11) is 0. The summed E-state index contributed by atoms with van der Waals surface area (Å²) in [4.78, 5) is 25.1. The predicted molar refractivity (Wildman–Crippen MR) is 88.7 cm³/mol. The first-order valence-corrected chi connectivity index (χ1v) is 7.35. The number of nitrogens with zero attached hydrogens (tertiary/aromatic N) is 1. The molecule has 3 nitrogen and oxygen atoms in total. The predicted octanol–water partition coefficient (Wildman–Crippen LogP) is 4.10. The van der Waals surface area contributed by atoms with Crippen molar-refractivity contribution in [3.8, 4) is 0 Å². The highest BCUT2D eigenvalue weighted by Crippen LogP contribution is 2.18. The number of hydrogen-bond acceptors (Lipinski definition) is 2. The zero-order chi connectivity index (χ0) is 15.7. The monoisotopic (exact) mass is 311 g/mol. The molecule has 0 N–H and O–H groups in total. The molecule has 1 unspecified atom stereocenters. The first-order valence-electron chi connectivity index (χ1n) is 6.97. The van der Waals surface area contributed by atoms with Gasteiger partial charge in [0.2, 0.25) is 0 Å². The molecular weight excluding hydrogens is 298 g/mol. The fraction of sp³-hybridized carbons (Fsp3) is 0.111. The van der Waals surface area contributed by atoms with Crippen LogP contribution in [0.1, 0.15) is 23.3 Å². The molecule has 0 saturated carbocycles. The molecular formula is C18H14ClNO2. The van der Waals surface area contributed by atoms with Gasteiger partial charge in [0.05, 0.1) is 6.04 Å². The molecule has 0 aliphatic carbocycles. The van der Waals surface area contributed by atoms with Crippen LogP contribution in [-0.2, 0) is 0 Å². The quantitative estimate of drug-likeness (QED) is 0.683. The molecule has 0 aliphatic heterocycles. The van der Waals surface area contributed by atoms with E-state index in [4.69, 9.17) is 11.6 Å². The molecule has 2 aromatic carbocycles. The summed E-state index contributed by atoms with van der Waals surface area (Å²) >= 11 is 5.94. The number of fused-ring (bicyclic) bond motifs is 1. The summed E-state index contributed by atoms with van der Waals surface area (Å²) in [5.74, 6) is -0.0870. The molecule has 0 spiro atoms. The van der Waals surface area contributed by atoms with Gasteiger partial charge in [-0.2, -0.15) is 0 Å². The Morgan fingerprint density at radius 1 is 1.09 bits per heavy atom. The Morgan fingerprint density at radius 2 is 1.82 bits per heavy atom. The lowest BCUT2D eigenvalue weighted by atomic mass is 10.0. The highest BCUT2D eigenvalue weighted by molar-refractivity contribution is 6.31. The molecule has 0 fully saturated rings. The number of aromatic nitrogens is 1. The lowest BCUT2D eigenvalue weighted by Crippen LogP contribution is -2.27. The van der Waals surface area contributed by atoms with Gasteiger partial charge in [-0.3, -0.25) is 9.59 Å². The van der Waals surface area contributed by atoms with Gasteiger partial charge in [0, 0.05) is 22.2 Å². The Bertz CT molecular complexity index is 900. The van der Waals surface area contributed by atoms with Crippen molar-refractivity contribution in [2.45, 2.75) is 13.0 Å². The molecule has 3 aromatic rings. The maximum atomic E-state index is 12.6. The molecule has 1 atom stereocenters. The first-order chi connectivity index (χ1) is 10.6. The molecule has 110 valence electrons. The van der Waals surface area contributed by atoms with Crippen molar-refractivity contribution < 1.29 is 4.79 Å². The van der Waals surface area contributed by atoms with E-state index in [-0.39, 0.29) is 11.3 Å². The lowest BCUT2D eigenvalue weighted by Gasteiger charge is -2.15. The molecule has 0 bridgehead atoms. The molecule has 1 aromatic heterocycles. The number of halogens is 1. The van der Waals surface area contributed by atoms with Crippen molar-refractivity contribution in [2.24, 2.45) is 0 Å². The van der Waals surface area contributed by atoms with Gasteiger partial charge < -0.3 is 4.57 Å². The molecule has 0 radical (unpaired) electrons. The zero-order valence-electron chi connectivity index (χ0n) is 12.0. The summed E-state index contributed by atoms with van der Waals surface area (Å²) in [6.45, 7) is 1.73. The Balaban J connectivity index is 2.07. The van der Waals surface area contributed by atoms with Crippen molar-refractivity contribution in [1.29, 1.82) is 0 Å². The van der Waals surface area contributed by atoms with Gasteiger partial charge in [0.15, 0.2) is 5.78 Å². The van der Waals surface area contributed by atoms with E-state index < -0.39 is 6.04 Å². The van der Waals surface area contributed by atoms with Gasteiger partial charge in [-0.15, -0.1) is 0 Å². The number of Topliss-reactive ketones (excluding diaryl/α,β-unsaturated/α-hetero) is 1. The van der Waals surface area contributed by atoms with Crippen molar-refractivity contribution >= 4 is 28.2 Å². The van der Waals surface area contributed by atoms with E-state index >= 15 is 0 Å². The van der Waals surface area contributed by atoms with E-state index in [0.717, 1.165) is 5.39 Å². The van der Waals surface area contributed by atoms with Gasteiger partial charge in [0.25, 0.3) is 5.56 Å². The summed E-state index contributed by atoms with van der Waals surface area (Å²) in [5.41, 5.74) is 0.407. The van der Waals surface area contributed by atoms with Gasteiger partial charge in [-0.25, -0.2) is 0 Å². The third-order valence-corrected chi connectivity index (χ3v) is 3.98. The van der Waals surface area contributed by atoms with Crippen LogP contribution in [-0.4, -0.2) is 10.4 Å². The summed E-state index contributed by atoms with van der Waals surface area (Å²) in [6, 6.07) is 15.3. The highest BCUT2D eigenvalue weighted by atomic mass is 35.5. The van der Waals surface area contributed by atoms with E-state index in [2.05, 4.69) is 0 Å². The average molecular weight is 312 g/mol. The van der Waals surface area contributed by atoms with Crippen LogP contribution in [0.25, 0.3) is 10.8 Å². The first kappa shape index (κ1) is 14.5. The smallest absolute Gasteiger partial charge is 0.259 e. The van der Waals surface area contributed by atoms with Crippen LogP contribution in [0, 0.1) is 0 Å². The zero-order valence-corrected chi connectivity index (χ0v) is 12.7. The van der Waals surface area contributed by atoms with Gasteiger partial charge in [-0.1, -0.05) is 41.9 Å². The minimum atomic E-state index is -0.560. The molecule has 0 amide bonds. The third-order valence-electron chi connectivity index (χ3n) is 3.75. The Labute approximate surface area is 132 Å². The number of carbonyl (C=O) groups is 1. The highest BCUT2D eigenvalue weighted by Gasteiger charge is 2.18. The number of carbonyl (C=O) groups excluding carboxylic acids is 1. The van der Waals surface area contributed by atoms with Crippen LogP contribution in [0.15, 0.2) is 65.6 Å². The second kappa shape index (κ2) is 5.78. The van der Waals surface area contributed by atoms with E-state index in [1.807, 2.05) is 18.2 Å². The standard InChI is InChI=1S/C18H14ClNO2/c1-12(17(21)13-5-3-2-4-6-13)20-10-9-14-11-15(19)7-8-16(14)18(20)22/h2-12H,1H3. The molecule has 1 heterocycles. The van der Waals surface area contributed by atoms with Crippen LogP contribution in [0.5, 0.6) is 0 Å². The Kier molecular flexibility index (Phi) is 3.82. The molecule has 0 saturated heterocycles. The topological polar surface area (TPSA) is 39.1 Å². The van der Waals surface area contributed by atoms with E-state index in [0.29, 0.717) is 16.0 Å². The van der Waals surface area contributed by atoms with Crippen molar-refractivity contribution in [2.75, 3.05) is 0 Å². The average Bonchev–Trinajstić information content (AvgIpc) is 2.54. The third kappa shape index (κ3) is 2.55. The van der Waals surface area contributed by atoms with Gasteiger partial charge in [-0.05, 0) is 36.6 Å². The minimum Gasteiger partial charge on any atom is -0.304 e. The van der Waals surface area contributed by atoms with Crippen LogP contribution in [0.2, 0.25) is 5.02 Å². The van der Waals surface area contributed by atoms with Crippen LogP contribution in [0.4, 0.5) is 0 Å². The molecule has 0 aliphatic rings. The number of pyridine rings is 1. The van der Waals surface area contributed by atoms with Crippen molar-refractivity contribution in [3.05, 3.63) is 81.7 Å². The maximum absolute atomic E-state index is 12.6. The second-order valence-corrected chi connectivity index (χ2v) is 5.60. The van der Waals surface area contributed by atoms with Gasteiger partial charge in [0.1, 0.15) is 0 Å². The van der Waals surface area contributed by atoms with E-state index in [1.54, 1.807) is 49.5 Å².